The molecule has 0 aliphatic carbocycles. The number of furan rings is 1. The predicted octanol–water partition coefficient (Wildman–Crippen LogP) is 6.61. The average Bonchev–Trinajstić information content (AvgIpc) is 3.49. The Labute approximate surface area is 246 Å². The van der Waals surface area contributed by atoms with Gasteiger partial charge in [-0.3, -0.25) is 4.90 Å². The van der Waals surface area contributed by atoms with Crippen molar-refractivity contribution in [3.05, 3.63) is 85.5 Å². The largest absolute Gasteiger partial charge is 0.486 e. The number of ether oxygens (including phenoxy) is 1. The summed E-state index contributed by atoms with van der Waals surface area (Å²) in [4.78, 5) is 4.62. The molecule has 12 heteroatoms. The third-order valence-corrected chi connectivity index (χ3v) is 7.79. The number of likely N-dealkylation sites (N-methyl/N-ethyl adjacent to an activating group) is 1. The van der Waals surface area contributed by atoms with Gasteiger partial charge < -0.3 is 14.1 Å². The van der Waals surface area contributed by atoms with E-state index in [0.29, 0.717) is 49.6 Å². The number of rotatable bonds is 8. The molecule has 1 aliphatic rings. The van der Waals surface area contributed by atoms with Crippen LogP contribution in [0.2, 0.25) is 15.1 Å². The van der Waals surface area contributed by atoms with Crippen LogP contribution in [0.1, 0.15) is 17.1 Å². The van der Waals surface area contributed by atoms with Crippen molar-refractivity contribution >= 4 is 53.2 Å². The first-order valence-electron chi connectivity index (χ1n) is 12.3. The van der Waals surface area contributed by atoms with Crippen LogP contribution < -0.4 is 4.74 Å². The van der Waals surface area contributed by atoms with E-state index in [0.717, 1.165) is 37.3 Å². The number of benzene rings is 2. The number of hydrogen-bond donors (Lipinski definition) is 0. The van der Waals surface area contributed by atoms with Gasteiger partial charge in [0.2, 0.25) is 4.77 Å². The van der Waals surface area contributed by atoms with Gasteiger partial charge in [-0.25, -0.2) is 4.68 Å². The number of aromatic nitrogens is 3. The number of aryl methyl sites for hydroxylation is 1. The lowest BCUT2D eigenvalue weighted by Gasteiger charge is -2.31. The van der Waals surface area contributed by atoms with Gasteiger partial charge in [0.05, 0.1) is 17.9 Å². The highest BCUT2D eigenvalue weighted by molar-refractivity contribution is 7.71. The Hall–Kier alpha value is -2.66. The number of nitrogens with zero attached hydrogens (tertiary/aromatic N) is 6. The van der Waals surface area contributed by atoms with E-state index in [1.807, 2.05) is 43.3 Å². The summed E-state index contributed by atoms with van der Waals surface area (Å²) in [6, 6.07) is 14.4. The predicted molar refractivity (Wildman–Crippen MR) is 158 cm³/mol. The molecule has 0 bridgehead atoms. The van der Waals surface area contributed by atoms with Crippen LogP contribution in [0.3, 0.4) is 0 Å². The second-order valence-corrected chi connectivity index (χ2v) is 11.0. The maximum Gasteiger partial charge on any atom is 0.220 e. The summed E-state index contributed by atoms with van der Waals surface area (Å²) in [5.41, 5.74) is 1.67. The molecular formula is C27H27Cl3N6O2S. The Kier molecular flexibility index (Phi) is 8.76. The third-order valence-electron chi connectivity index (χ3n) is 6.43. The van der Waals surface area contributed by atoms with E-state index in [9.17, 15) is 0 Å². The Morgan fingerprint density at radius 1 is 1.03 bits per heavy atom. The Morgan fingerprint density at radius 2 is 1.82 bits per heavy atom. The van der Waals surface area contributed by atoms with Gasteiger partial charge in [-0.1, -0.05) is 34.8 Å². The average molecular weight is 606 g/mol. The molecule has 0 radical (unpaired) electrons. The number of halogens is 3. The van der Waals surface area contributed by atoms with Crippen LogP contribution in [0.25, 0.3) is 11.3 Å². The Balaban J connectivity index is 1.40. The summed E-state index contributed by atoms with van der Waals surface area (Å²) in [7, 11) is 2.13. The minimum atomic E-state index is 0.168. The topological polar surface area (TPSA) is 64.0 Å². The van der Waals surface area contributed by atoms with Gasteiger partial charge >= 0.3 is 0 Å². The van der Waals surface area contributed by atoms with Gasteiger partial charge in [0.1, 0.15) is 23.9 Å². The van der Waals surface area contributed by atoms with E-state index in [1.165, 1.54) is 0 Å². The maximum absolute atomic E-state index is 6.35. The normalized spacial score (nSPS) is 14.9. The van der Waals surface area contributed by atoms with Crippen molar-refractivity contribution in [2.24, 2.45) is 5.10 Å². The summed E-state index contributed by atoms with van der Waals surface area (Å²) in [6.45, 7) is 6.54. The molecule has 204 valence electrons. The first kappa shape index (κ1) is 27.9. The standard InChI is InChI=1S/C27H27Cl3N6O2S/c1-18-13-20(4-7-23(18)29)37-16-26-32-35(17-34-11-9-33(2)10-12-34)27(39)36(26)31-15-21-5-8-25(38-21)22-6-3-19(28)14-24(22)30/h3-8,13-15H,9-12,16-17H2,1-2H3/b31-15+. The second-order valence-electron chi connectivity index (χ2n) is 9.34. The number of piperazine rings is 1. The van der Waals surface area contributed by atoms with Crippen molar-refractivity contribution in [1.82, 2.24) is 24.3 Å². The van der Waals surface area contributed by atoms with Crippen molar-refractivity contribution < 1.29 is 9.15 Å². The van der Waals surface area contributed by atoms with Crippen molar-refractivity contribution in [2.75, 3.05) is 33.2 Å². The SMILES string of the molecule is Cc1cc(OCc2nn(CN3CCN(C)CC3)c(=S)n2/N=C/c2ccc(-c3ccc(Cl)cc3Cl)o2)ccc1Cl. The highest BCUT2D eigenvalue weighted by Gasteiger charge is 2.18. The van der Waals surface area contributed by atoms with Gasteiger partial charge in [0, 0.05) is 41.8 Å². The van der Waals surface area contributed by atoms with Gasteiger partial charge in [-0.05, 0) is 80.3 Å². The molecular weight excluding hydrogens is 579 g/mol. The molecule has 0 saturated carbocycles. The molecule has 0 spiro atoms. The Morgan fingerprint density at radius 3 is 2.56 bits per heavy atom. The zero-order valence-corrected chi connectivity index (χ0v) is 24.6. The van der Waals surface area contributed by atoms with Crippen LogP contribution in [0, 0.1) is 11.7 Å². The maximum atomic E-state index is 6.35. The zero-order valence-electron chi connectivity index (χ0n) is 21.5. The number of hydrogen-bond acceptors (Lipinski definition) is 7. The molecule has 0 atom stereocenters. The highest BCUT2D eigenvalue weighted by Crippen LogP contribution is 2.31. The lowest BCUT2D eigenvalue weighted by atomic mass is 10.2. The van der Waals surface area contributed by atoms with Crippen LogP contribution in [0.4, 0.5) is 0 Å². The van der Waals surface area contributed by atoms with Crippen LogP contribution in [0.15, 0.2) is 58.0 Å². The quantitative estimate of drug-likeness (QED) is 0.166. The van der Waals surface area contributed by atoms with Crippen molar-refractivity contribution in [3.63, 3.8) is 0 Å². The molecule has 5 rings (SSSR count). The van der Waals surface area contributed by atoms with E-state index < -0.39 is 0 Å². The molecule has 2 aromatic carbocycles. The van der Waals surface area contributed by atoms with Crippen LogP contribution in [-0.4, -0.2) is 63.7 Å². The van der Waals surface area contributed by atoms with E-state index in [2.05, 4.69) is 21.9 Å². The highest BCUT2D eigenvalue weighted by atomic mass is 35.5. The second kappa shape index (κ2) is 12.2. The van der Waals surface area contributed by atoms with E-state index in [1.54, 1.807) is 27.7 Å². The molecule has 1 aliphatic heterocycles. The fraction of sp³-hybridized carbons (Fsp3) is 0.296. The molecule has 8 nitrogen and oxygen atoms in total. The van der Waals surface area contributed by atoms with Crippen molar-refractivity contribution in [2.45, 2.75) is 20.2 Å². The van der Waals surface area contributed by atoms with E-state index in [4.69, 9.17) is 61.3 Å². The van der Waals surface area contributed by atoms with Crippen LogP contribution in [-0.2, 0) is 13.3 Å². The summed E-state index contributed by atoms with van der Waals surface area (Å²) in [5.74, 6) is 2.38. The minimum absolute atomic E-state index is 0.168. The molecule has 3 heterocycles. The van der Waals surface area contributed by atoms with Crippen LogP contribution >= 0.6 is 47.0 Å². The molecule has 2 aromatic heterocycles. The lowest BCUT2D eigenvalue weighted by Crippen LogP contribution is -2.45. The molecule has 1 fully saturated rings. The van der Waals surface area contributed by atoms with E-state index in [-0.39, 0.29) is 6.61 Å². The third kappa shape index (κ3) is 6.74. The first-order valence-corrected chi connectivity index (χ1v) is 13.9. The molecule has 4 aromatic rings. The summed E-state index contributed by atoms with van der Waals surface area (Å²) < 4.78 is 15.9. The van der Waals surface area contributed by atoms with Gasteiger partial charge in [0.25, 0.3) is 0 Å². The molecule has 39 heavy (non-hydrogen) atoms. The Bertz CT molecular complexity index is 1560. The fourth-order valence-electron chi connectivity index (χ4n) is 4.15. The molecule has 1 saturated heterocycles. The van der Waals surface area contributed by atoms with Crippen molar-refractivity contribution in [1.29, 1.82) is 0 Å². The zero-order chi connectivity index (χ0) is 27.5. The van der Waals surface area contributed by atoms with Gasteiger partial charge in [-0.15, -0.1) is 5.10 Å². The fourth-order valence-corrected chi connectivity index (χ4v) is 5.02. The smallest absolute Gasteiger partial charge is 0.220 e. The van der Waals surface area contributed by atoms with E-state index >= 15 is 0 Å². The lowest BCUT2D eigenvalue weighted by molar-refractivity contribution is 0.118. The first-order chi connectivity index (χ1) is 18.8. The van der Waals surface area contributed by atoms with Gasteiger partial charge in [-0.2, -0.15) is 9.78 Å². The monoisotopic (exact) mass is 604 g/mol. The summed E-state index contributed by atoms with van der Waals surface area (Å²) >= 11 is 24.3. The molecule has 0 N–H and O–H groups in total. The molecule has 0 amide bonds. The summed E-state index contributed by atoms with van der Waals surface area (Å²) in [6.07, 6.45) is 1.60. The van der Waals surface area contributed by atoms with Crippen molar-refractivity contribution in [3.8, 4) is 17.1 Å². The molecule has 0 unspecified atom stereocenters. The van der Waals surface area contributed by atoms with Gasteiger partial charge in [0.15, 0.2) is 5.82 Å². The summed E-state index contributed by atoms with van der Waals surface area (Å²) in [5, 5.41) is 11.1. The minimum Gasteiger partial charge on any atom is -0.486 e. The van der Waals surface area contributed by atoms with Crippen LogP contribution in [0.5, 0.6) is 5.75 Å².